The van der Waals surface area contributed by atoms with Crippen LogP contribution in [0.25, 0.3) is 16.6 Å². The molecule has 29 heavy (non-hydrogen) atoms. The molecular formula is C22H21NO5S. The van der Waals surface area contributed by atoms with Crippen molar-refractivity contribution in [3.63, 3.8) is 0 Å². The number of ether oxygens (including phenoxy) is 4. The fourth-order valence-electron chi connectivity index (χ4n) is 2.58. The van der Waals surface area contributed by atoms with Crippen molar-refractivity contribution in [2.45, 2.75) is 6.61 Å². The van der Waals surface area contributed by atoms with Gasteiger partial charge in [-0.1, -0.05) is 12.1 Å². The lowest BCUT2D eigenvalue weighted by molar-refractivity contribution is -0.139. The minimum Gasteiger partial charge on any atom is -0.497 e. The Labute approximate surface area is 173 Å². The molecule has 7 heteroatoms. The molecule has 0 aliphatic heterocycles. The standard InChI is InChI=1S/C22H21NO5S/c1-25-18-6-4-5-16(12-18)22-23-17(14-29-22)13-28-21(24)10-7-15-11-19(26-2)8-9-20(15)27-3/h4-12,14H,13H2,1-3H3/b10-7+. The number of hydrogen-bond donors (Lipinski definition) is 0. The van der Waals surface area contributed by atoms with Gasteiger partial charge in [0.2, 0.25) is 0 Å². The Morgan fingerprint density at radius 2 is 1.83 bits per heavy atom. The molecule has 0 radical (unpaired) electrons. The first-order chi connectivity index (χ1) is 14.1. The third-order valence-corrected chi connectivity index (χ3v) is 5.01. The highest BCUT2D eigenvalue weighted by Crippen LogP contribution is 2.27. The molecule has 0 N–H and O–H groups in total. The van der Waals surface area contributed by atoms with E-state index in [1.807, 2.05) is 29.6 Å². The topological polar surface area (TPSA) is 66.9 Å². The van der Waals surface area contributed by atoms with Crippen molar-refractivity contribution in [2.24, 2.45) is 0 Å². The molecule has 3 rings (SSSR count). The van der Waals surface area contributed by atoms with Crippen LogP contribution >= 0.6 is 11.3 Å². The second-order valence-corrected chi connectivity index (χ2v) is 6.78. The Morgan fingerprint density at radius 1 is 1.03 bits per heavy atom. The lowest BCUT2D eigenvalue weighted by atomic mass is 10.1. The molecule has 0 saturated heterocycles. The molecule has 0 aliphatic rings. The third kappa shape index (κ3) is 5.36. The zero-order chi connectivity index (χ0) is 20.6. The lowest BCUT2D eigenvalue weighted by Crippen LogP contribution is -2.01. The first-order valence-corrected chi connectivity index (χ1v) is 9.66. The number of hydrogen-bond acceptors (Lipinski definition) is 7. The van der Waals surface area contributed by atoms with Crippen molar-refractivity contribution < 1.29 is 23.7 Å². The van der Waals surface area contributed by atoms with Gasteiger partial charge in [0.25, 0.3) is 0 Å². The maximum absolute atomic E-state index is 12.1. The average Bonchev–Trinajstić information content (AvgIpc) is 3.25. The first kappa shape index (κ1) is 20.4. The zero-order valence-electron chi connectivity index (χ0n) is 16.4. The number of esters is 1. The van der Waals surface area contributed by atoms with Gasteiger partial charge in [0.05, 0.1) is 27.0 Å². The number of methoxy groups -OCH3 is 3. The number of rotatable bonds is 8. The summed E-state index contributed by atoms with van der Waals surface area (Å²) in [6, 6.07) is 13.0. The van der Waals surface area contributed by atoms with E-state index in [4.69, 9.17) is 18.9 Å². The quantitative estimate of drug-likeness (QED) is 0.399. The highest BCUT2D eigenvalue weighted by Gasteiger charge is 2.08. The van der Waals surface area contributed by atoms with Gasteiger partial charge < -0.3 is 18.9 Å². The van der Waals surface area contributed by atoms with Crippen LogP contribution in [-0.2, 0) is 16.1 Å². The number of carbonyl (C=O) groups is 1. The van der Waals surface area contributed by atoms with Crippen LogP contribution in [-0.4, -0.2) is 32.3 Å². The SMILES string of the molecule is COc1cccc(-c2nc(COC(=O)/C=C/c3cc(OC)ccc3OC)cs2)c1. The number of thiazole rings is 1. The van der Waals surface area contributed by atoms with Gasteiger partial charge in [-0.25, -0.2) is 9.78 Å². The van der Waals surface area contributed by atoms with E-state index < -0.39 is 5.97 Å². The van der Waals surface area contributed by atoms with E-state index in [0.717, 1.165) is 21.9 Å². The normalized spacial score (nSPS) is 10.7. The van der Waals surface area contributed by atoms with Gasteiger partial charge in [-0.2, -0.15) is 0 Å². The number of nitrogens with zero attached hydrogens (tertiary/aromatic N) is 1. The molecule has 0 unspecified atom stereocenters. The van der Waals surface area contributed by atoms with Crippen LogP contribution in [0.4, 0.5) is 0 Å². The molecule has 2 aromatic carbocycles. The fraction of sp³-hybridized carbons (Fsp3) is 0.182. The van der Waals surface area contributed by atoms with Gasteiger partial charge in [0.1, 0.15) is 28.9 Å². The fourth-order valence-corrected chi connectivity index (χ4v) is 3.38. The van der Waals surface area contributed by atoms with E-state index in [2.05, 4.69) is 4.98 Å². The Hall–Kier alpha value is -3.32. The first-order valence-electron chi connectivity index (χ1n) is 8.78. The van der Waals surface area contributed by atoms with Crippen molar-refractivity contribution in [3.05, 3.63) is 65.2 Å². The molecule has 0 saturated carbocycles. The second-order valence-electron chi connectivity index (χ2n) is 5.92. The predicted octanol–water partition coefficient (Wildman–Crippen LogP) is 4.59. The summed E-state index contributed by atoms with van der Waals surface area (Å²) < 4.78 is 21.0. The maximum atomic E-state index is 12.1. The molecule has 0 bridgehead atoms. The van der Waals surface area contributed by atoms with Crippen LogP contribution in [0.3, 0.4) is 0 Å². The van der Waals surface area contributed by atoms with Crippen LogP contribution in [0.2, 0.25) is 0 Å². The number of benzene rings is 2. The number of aromatic nitrogens is 1. The molecule has 3 aromatic rings. The Morgan fingerprint density at radius 3 is 2.59 bits per heavy atom. The van der Waals surface area contributed by atoms with E-state index in [1.54, 1.807) is 45.6 Å². The summed E-state index contributed by atoms with van der Waals surface area (Å²) in [4.78, 5) is 16.6. The molecule has 150 valence electrons. The Balaban J connectivity index is 1.61. The summed E-state index contributed by atoms with van der Waals surface area (Å²) in [5.41, 5.74) is 2.36. The highest BCUT2D eigenvalue weighted by molar-refractivity contribution is 7.13. The minimum absolute atomic E-state index is 0.0961. The molecule has 1 aromatic heterocycles. The van der Waals surface area contributed by atoms with Crippen molar-refractivity contribution in [1.29, 1.82) is 0 Å². The Bertz CT molecular complexity index is 1010. The van der Waals surface area contributed by atoms with E-state index in [9.17, 15) is 4.79 Å². The largest absolute Gasteiger partial charge is 0.497 e. The van der Waals surface area contributed by atoms with Crippen molar-refractivity contribution in [3.8, 4) is 27.8 Å². The van der Waals surface area contributed by atoms with Gasteiger partial charge in [-0.05, 0) is 36.4 Å². The van der Waals surface area contributed by atoms with Crippen LogP contribution in [0.1, 0.15) is 11.3 Å². The van der Waals surface area contributed by atoms with Gasteiger partial charge in [0, 0.05) is 22.6 Å². The lowest BCUT2D eigenvalue weighted by Gasteiger charge is -2.07. The van der Waals surface area contributed by atoms with Crippen molar-refractivity contribution >= 4 is 23.4 Å². The molecule has 0 amide bonds. The van der Waals surface area contributed by atoms with Crippen LogP contribution in [0.5, 0.6) is 17.2 Å². The van der Waals surface area contributed by atoms with Gasteiger partial charge in [-0.15, -0.1) is 11.3 Å². The summed E-state index contributed by atoms with van der Waals surface area (Å²) in [5, 5.41) is 2.71. The van der Waals surface area contributed by atoms with Gasteiger partial charge in [0.15, 0.2) is 0 Å². The third-order valence-electron chi connectivity index (χ3n) is 4.07. The van der Waals surface area contributed by atoms with Gasteiger partial charge >= 0.3 is 5.97 Å². The van der Waals surface area contributed by atoms with Crippen LogP contribution < -0.4 is 14.2 Å². The monoisotopic (exact) mass is 411 g/mol. The van der Waals surface area contributed by atoms with E-state index in [-0.39, 0.29) is 6.61 Å². The molecule has 0 atom stereocenters. The summed E-state index contributed by atoms with van der Waals surface area (Å²) >= 11 is 1.49. The molecule has 0 spiro atoms. The molecule has 1 heterocycles. The average molecular weight is 411 g/mol. The second kappa shape index (κ2) is 9.75. The van der Waals surface area contributed by atoms with Gasteiger partial charge in [-0.3, -0.25) is 0 Å². The van der Waals surface area contributed by atoms with Crippen LogP contribution in [0, 0.1) is 0 Å². The summed E-state index contributed by atoms with van der Waals surface area (Å²) in [7, 11) is 4.78. The molecular weight excluding hydrogens is 390 g/mol. The zero-order valence-corrected chi connectivity index (χ0v) is 17.2. The van der Waals surface area contributed by atoms with Crippen LogP contribution in [0.15, 0.2) is 53.9 Å². The summed E-state index contributed by atoms with van der Waals surface area (Å²) in [6.45, 7) is 0.0961. The minimum atomic E-state index is -0.467. The highest BCUT2D eigenvalue weighted by atomic mass is 32.1. The maximum Gasteiger partial charge on any atom is 0.331 e. The molecule has 0 aliphatic carbocycles. The Kier molecular flexibility index (Phi) is 6.86. The van der Waals surface area contributed by atoms with E-state index in [1.165, 1.54) is 17.4 Å². The number of carbonyl (C=O) groups excluding carboxylic acids is 1. The molecule has 0 fully saturated rings. The van der Waals surface area contributed by atoms with E-state index in [0.29, 0.717) is 17.2 Å². The summed E-state index contributed by atoms with van der Waals surface area (Å²) in [5.74, 6) is 1.61. The summed E-state index contributed by atoms with van der Waals surface area (Å²) in [6.07, 6.45) is 2.99. The van der Waals surface area contributed by atoms with Crippen molar-refractivity contribution in [2.75, 3.05) is 21.3 Å². The molecule has 6 nitrogen and oxygen atoms in total. The van der Waals surface area contributed by atoms with Crippen molar-refractivity contribution in [1.82, 2.24) is 4.98 Å². The smallest absolute Gasteiger partial charge is 0.331 e. The van der Waals surface area contributed by atoms with E-state index >= 15 is 0 Å². The predicted molar refractivity (Wildman–Crippen MR) is 112 cm³/mol.